The highest BCUT2D eigenvalue weighted by Gasteiger charge is 2.21. The SMILES string of the molecule is CCN(C(=O)NC(C)(C)C)c1ccc(C(=O)O)cc1N. The molecule has 1 rings (SSSR count). The van der Waals surface area contributed by atoms with Crippen molar-refractivity contribution in [2.45, 2.75) is 33.2 Å². The summed E-state index contributed by atoms with van der Waals surface area (Å²) in [6.07, 6.45) is 0. The largest absolute Gasteiger partial charge is 0.478 e. The van der Waals surface area contributed by atoms with Gasteiger partial charge in [0.05, 0.1) is 16.9 Å². The van der Waals surface area contributed by atoms with Gasteiger partial charge in [0.1, 0.15) is 0 Å². The molecule has 0 saturated carbocycles. The van der Waals surface area contributed by atoms with Crippen molar-refractivity contribution in [3.05, 3.63) is 23.8 Å². The first kappa shape index (κ1) is 15.8. The molecule has 0 saturated heterocycles. The summed E-state index contributed by atoms with van der Waals surface area (Å²) in [7, 11) is 0. The summed E-state index contributed by atoms with van der Waals surface area (Å²) in [5.74, 6) is -1.05. The number of carboxylic acids is 1. The van der Waals surface area contributed by atoms with Crippen LogP contribution in [-0.2, 0) is 0 Å². The van der Waals surface area contributed by atoms with Gasteiger partial charge in [0, 0.05) is 12.1 Å². The first-order chi connectivity index (χ1) is 9.15. The monoisotopic (exact) mass is 279 g/mol. The van der Waals surface area contributed by atoms with Gasteiger partial charge in [-0.3, -0.25) is 4.90 Å². The zero-order valence-electron chi connectivity index (χ0n) is 12.2. The van der Waals surface area contributed by atoms with E-state index in [1.165, 1.54) is 17.0 Å². The molecule has 2 amide bonds. The van der Waals surface area contributed by atoms with E-state index < -0.39 is 5.97 Å². The summed E-state index contributed by atoms with van der Waals surface area (Å²) in [6, 6.07) is 4.06. The molecule has 0 radical (unpaired) electrons. The minimum atomic E-state index is -1.05. The molecule has 6 heteroatoms. The Morgan fingerprint density at radius 2 is 1.95 bits per heavy atom. The van der Waals surface area contributed by atoms with E-state index in [1.54, 1.807) is 6.07 Å². The van der Waals surface area contributed by atoms with E-state index in [1.807, 2.05) is 27.7 Å². The zero-order chi connectivity index (χ0) is 15.5. The maximum atomic E-state index is 12.2. The maximum absolute atomic E-state index is 12.2. The van der Waals surface area contributed by atoms with Crippen LogP contribution < -0.4 is 16.0 Å². The van der Waals surface area contributed by atoms with Gasteiger partial charge >= 0.3 is 12.0 Å². The molecular weight excluding hydrogens is 258 g/mol. The number of rotatable bonds is 3. The molecule has 4 N–H and O–H groups in total. The fraction of sp³-hybridized carbons (Fsp3) is 0.429. The number of nitrogen functional groups attached to an aromatic ring is 1. The summed E-state index contributed by atoms with van der Waals surface area (Å²) in [5, 5.41) is 11.8. The number of hydrogen-bond acceptors (Lipinski definition) is 3. The molecule has 0 aliphatic carbocycles. The molecule has 20 heavy (non-hydrogen) atoms. The molecule has 0 unspecified atom stereocenters. The van der Waals surface area contributed by atoms with Crippen molar-refractivity contribution >= 4 is 23.4 Å². The maximum Gasteiger partial charge on any atom is 0.335 e. The normalized spacial score (nSPS) is 11.0. The molecular formula is C14H21N3O3. The molecule has 0 fully saturated rings. The van der Waals surface area contributed by atoms with Gasteiger partial charge in [-0.1, -0.05) is 0 Å². The van der Waals surface area contributed by atoms with Crippen molar-refractivity contribution in [2.75, 3.05) is 17.2 Å². The van der Waals surface area contributed by atoms with Gasteiger partial charge in [0.15, 0.2) is 0 Å². The number of benzene rings is 1. The Balaban J connectivity index is 3.07. The molecule has 0 heterocycles. The van der Waals surface area contributed by atoms with Gasteiger partial charge in [0.2, 0.25) is 0 Å². The van der Waals surface area contributed by atoms with Crippen LogP contribution in [0, 0.1) is 0 Å². The Labute approximate surface area is 118 Å². The number of nitrogens with one attached hydrogen (secondary N) is 1. The fourth-order valence-corrected chi connectivity index (χ4v) is 1.74. The van der Waals surface area contributed by atoms with Gasteiger partial charge < -0.3 is 16.2 Å². The Kier molecular flexibility index (Phi) is 4.60. The van der Waals surface area contributed by atoms with E-state index in [2.05, 4.69) is 5.32 Å². The molecule has 0 spiro atoms. The Morgan fingerprint density at radius 1 is 1.35 bits per heavy atom. The van der Waals surface area contributed by atoms with Crippen LogP contribution in [0.3, 0.4) is 0 Å². The molecule has 0 aliphatic rings. The molecule has 0 aromatic heterocycles. The highest BCUT2D eigenvalue weighted by molar-refractivity contribution is 5.97. The van der Waals surface area contributed by atoms with E-state index in [9.17, 15) is 9.59 Å². The van der Waals surface area contributed by atoms with Gasteiger partial charge in [-0.15, -0.1) is 0 Å². The molecule has 0 bridgehead atoms. The van der Waals surface area contributed by atoms with Crippen LogP contribution in [0.5, 0.6) is 0 Å². The van der Waals surface area contributed by atoms with Crippen molar-refractivity contribution in [1.82, 2.24) is 5.32 Å². The van der Waals surface area contributed by atoms with Crippen LogP contribution >= 0.6 is 0 Å². The minimum absolute atomic E-state index is 0.0959. The van der Waals surface area contributed by atoms with Crippen molar-refractivity contribution < 1.29 is 14.7 Å². The number of hydrogen-bond donors (Lipinski definition) is 3. The summed E-state index contributed by atoms with van der Waals surface area (Å²) < 4.78 is 0. The van der Waals surface area contributed by atoms with Crippen LogP contribution in [0.25, 0.3) is 0 Å². The standard InChI is InChI=1S/C14H21N3O3/c1-5-17(13(20)16-14(2,3)4)11-7-6-9(12(18)19)8-10(11)15/h6-8H,5,15H2,1-4H3,(H,16,20)(H,18,19). The number of nitrogens with zero attached hydrogens (tertiary/aromatic N) is 1. The number of anilines is 2. The smallest absolute Gasteiger partial charge is 0.335 e. The first-order valence-electron chi connectivity index (χ1n) is 6.38. The van der Waals surface area contributed by atoms with E-state index in [4.69, 9.17) is 10.8 Å². The van der Waals surface area contributed by atoms with E-state index >= 15 is 0 Å². The van der Waals surface area contributed by atoms with Crippen molar-refractivity contribution in [1.29, 1.82) is 0 Å². The second-order valence-corrected chi connectivity index (χ2v) is 5.50. The van der Waals surface area contributed by atoms with Crippen LogP contribution in [-0.4, -0.2) is 29.2 Å². The van der Waals surface area contributed by atoms with Crippen molar-refractivity contribution in [3.63, 3.8) is 0 Å². The lowest BCUT2D eigenvalue weighted by molar-refractivity contribution is 0.0697. The lowest BCUT2D eigenvalue weighted by atomic mass is 10.1. The van der Waals surface area contributed by atoms with Gasteiger partial charge in [-0.2, -0.15) is 0 Å². The predicted octanol–water partition coefficient (Wildman–Crippen LogP) is 2.30. The molecule has 0 aliphatic heterocycles. The minimum Gasteiger partial charge on any atom is -0.478 e. The molecule has 1 aromatic carbocycles. The molecule has 1 aromatic rings. The van der Waals surface area contributed by atoms with Crippen molar-refractivity contribution in [2.24, 2.45) is 0 Å². The van der Waals surface area contributed by atoms with E-state index in [0.29, 0.717) is 12.2 Å². The molecule has 0 atom stereocenters. The Morgan fingerprint density at radius 3 is 2.35 bits per heavy atom. The second-order valence-electron chi connectivity index (χ2n) is 5.50. The average molecular weight is 279 g/mol. The molecule has 6 nitrogen and oxygen atoms in total. The lowest BCUT2D eigenvalue weighted by Crippen LogP contribution is -2.48. The van der Waals surface area contributed by atoms with E-state index in [-0.39, 0.29) is 22.8 Å². The number of carbonyl (C=O) groups excluding carboxylic acids is 1. The van der Waals surface area contributed by atoms with Gasteiger partial charge in [0.25, 0.3) is 0 Å². The van der Waals surface area contributed by atoms with Crippen LogP contribution in [0.4, 0.5) is 16.2 Å². The van der Waals surface area contributed by atoms with Crippen molar-refractivity contribution in [3.8, 4) is 0 Å². The third-order valence-corrected chi connectivity index (χ3v) is 2.61. The Hall–Kier alpha value is -2.24. The lowest BCUT2D eigenvalue weighted by Gasteiger charge is -2.28. The summed E-state index contributed by atoms with van der Waals surface area (Å²) >= 11 is 0. The highest BCUT2D eigenvalue weighted by Crippen LogP contribution is 2.25. The third kappa shape index (κ3) is 3.88. The highest BCUT2D eigenvalue weighted by atomic mass is 16.4. The summed E-state index contributed by atoms with van der Waals surface area (Å²) in [5.41, 5.74) is 6.35. The summed E-state index contributed by atoms with van der Waals surface area (Å²) in [6.45, 7) is 7.91. The van der Waals surface area contributed by atoms with Crippen LogP contribution in [0.1, 0.15) is 38.1 Å². The zero-order valence-corrected chi connectivity index (χ0v) is 12.2. The number of nitrogens with two attached hydrogens (primary N) is 1. The number of aromatic carboxylic acids is 1. The fourth-order valence-electron chi connectivity index (χ4n) is 1.74. The first-order valence-corrected chi connectivity index (χ1v) is 6.38. The number of amides is 2. The van der Waals surface area contributed by atoms with Gasteiger partial charge in [-0.25, -0.2) is 9.59 Å². The topological polar surface area (TPSA) is 95.7 Å². The predicted molar refractivity (Wildman–Crippen MR) is 79.1 cm³/mol. The number of carbonyl (C=O) groups is 2. The van der Waals surface area contributed by atoms with Gasteiger partial charge in [-0.05, 0) is 45.9 Å². The van der Waals surface area contributed by atoms with Crippen LogP contribution in [0.15, 0.2) is 18.2 Å². The van der Waals surface area contributed by atoms with Crippen LogP contribution in [0.2, 0.25) is 0 Å². The second kappa shape index (κ2) is 5.81. The van der Waals surface area contributed by atoms with E-state index in [0.717, 1.165) is 0 Å². The quantitative estimate of drug-likeness (QED) is 0.740. The Bertz CT molecular complexity index is 521. The summed E-state index contributed by atoms with van der Waals surface area (Å²) in [4.78, 5) is 24.6. The number of carboxylic acid groups (broad SMARTS) is 1. The average Bonchev–Trinajstić information content (AvgIpc) is 2.29. The number of urea groups is 1. The molecule has 110 valence electrons. The third-order valence-electron chi connectivity index (χ3n) is 2.61.